The molecule has 0 fully saturated rings. The minimum Gasteiger partial charge on any atom is -0.454 e. The molecule has 138 valence electrons. The van der Waals surface area contributed by atoms with Gasteiger partial charge < -0.3 is 20.1 Å². The summed E-state index contributed by atoms with van der Waals surface area (Å²) in [5, 5.41) is 7.72. The first-order valence-electron chi connectivity index (χ1n) is 8.88. The van der Waals surface area contributed by atoms with Crippen LogP contribution < -0.4 is 20.1 Å². The monoisotopic (exact) mass is 371 g/mol. The topological polar surface area (TPSA) is 81.2 Å². The quantitative estimate of drug-likeness (QED) is 0.545. The van der Waals surface area contributed by atoms with Crippen LogP contribution >= 0.6 is 0 Å². The second kappa shape index (κ2) is 6.70. The third kappa shape index (κ3) is 3.14. The lowest BCUT2D eigenvalue weighted by Gasteiger charge is -2.12. The predicted octanol–water partition coefficient (Wildman–Crippen LogP) is 4.55. The zero-order valence-electron chi connectivity index (χ0n) is 15.1. The number of anilines is 4. The van der Waals surface area contributed by atoms with E-state index >= 15 is 0 Å². The number of aryl methyl sites for hydroxylation is 1. The van der Waals surface area contributed by atoms with Crippen molar-refractivity contribution in [3.63, 3.8) is 0 Å². The summed E-state index contributed by atoms with van der Waals surface area (Å²) in [6.07, 6.45) is 1.78. The highest BCUT2D eigenvalue weighted by Gasteiger charge is 2.14. The second-order valence-corrected chi connectivity index (χ2v) is 6.38. The minimum atomic E-state index is 0.249. The van der Waals surface area contributed by atoms with Crippen LogP contribution in [0.25, 0.3) is 10.9 Å². The Kier molecular flexibility index (Phi) is 3.90. The first kappa shape index (κ1) is 16.3. The number of para-hydroxylation sites is 1. The van der Waals surface area contributed by atoms with Gasteiger partial charge in [0.1, 0.15) is 17.5 Å². The van der Waals surface area contributed by atoms with Crippen LogP contribution in [0.3, 0.4) is 0 Å². The molecule has 0 saturated carbocycles. The van der Waals surface area contributed by atoms with Gasteiger partial charge in [-0.2, -0.15) is 0 Å². The lowest BCUT2D eigenvalue weighted by Crippen LogP contribution is -2.02. The molecule has 0 bridgehead atoms. The molecular formula is C21H17N5O2. The van der Waals surface area contributed by atoms with E-state index in [1.165, 1.54) is 0 Å². The van der Waals surface area contributed by atoms with Crippen LogP contribution in [0.2, 0.25) is 0 Å². The smallest absolute Gasteiger partial charge is 0.231 e. The summed E-state index contributed by atoms with van der Waals surface area (Å²) in [6.45, 7) is 2.11. The normalized spacial score (nSPS) is 12.2. The van der Waals surface area contributed by atoms with Gasteiger partial charge in [0.2, 0.25) is 6.79 Å². The van der Waals surface area contributed by atoms with Crippen molar-refractivity contribution in [1.82, 2.24) is 15.0 Å². The van der Waals surface area contributed by atoms with Crippen LogP contribution in [0, 0.1) is 6.92 Å². The molecule has 2 N–H and O–H groups in total. The fraction of sp³-hybridized carbons (Fsp3) is 0.0952. The van der Waals surface area contributed by atoms with E-state index in [0.29, 0.717) is 17.5 Å². The highest BCUT2D eigenvalue weighted by atomic mass is 16.7. The molecule has 4 aromatic rings. The number of benzene rings is 2. The van der Waals surface area contributed by atoms with E-state index in [9.17, 15) is 0 Å². The molecule has 7 nitrogen and oxygen atoms in total. The molecule has 0 amide bonds. The van der Waals surface area contributed by atoms with Gasteiger partial charge >= 0.3 is 0 Å². The van der Waals surface area contributed by atoms with Crippen molar-refractivity contribution in [2.75, 3.05) is 17.4 Å². The number of ether oxygens (including phenoxy) is 2. The summed E-state index contributed by atoms with van der Waals surface area (Å²) in [5.41, 5.74) is 2.65. The van der Waals surface area contributed by atoms with Crippen LogP contribution in [0.15, 0.2) is 60.8 Å². The van der Waals surface area contributed by atoms with E-state index in [1.807, 2.05) is 61.5 Å². The molecule has 5 rings (SSSR count). The van der Waals surface area contributed by atoms with Crippen LogP contribution in [0.4, 0.5) is 23.0 Å². The van der Waals surface area contributed by atoms with Crippen molar-refractivity contribution in [3.8, 4) is 11.5 Å². The zero-order valence-corrected chi connectivity index (χ0v) is 15.1. The third-order valence-electron chi connectivity index (χ3n) is 4.38. The van der Waals surface area contributed by atoms with Crippen molar-refractivity contribution in [2.45, 2.75) is 6.92 Å². The molecule has 0 saturated heterocycles. The van der Waals surface area contributed by atoms with Crippen molar-refractivity contribution < 1.29 is 9.47 Å². The molecule has 1 aliphatic rings. The molecule has 0 spiro atoms. The van der Waals surface area contributed by atoms with E-state index in [0.717, 1.165) is 33.8 Å². The summed E-state index contributed by atoms with van der Waals surface area (Å²) in [6, 6.07) is 17.5. The standard InChI is InChI=1S/C21H17N5O2/c1-13-23-19(25-15-7-8-17-18(10-15)28-12-27-17)11-20(24-13)26-16-6-2-4-14-5-3-9-22-21(14)16/h2-11H,12H2,1H3,(H2,23,24,25,26). The van der Waals surface area contributed by atoms with Crippen molar-refractivity contribution in [2.24, 2.45) is 0 Å². The number of hydrogen-bond acceptors (Lipinski definition) is 7. The van der Waals surface area contributed by atoms with Gasteiger partial charge in [-0.05, 0) is 31.2 Å². The first-order valence-corrected chi connectivity index (χ1v) is 8.88. The number of pyridine rings is 1. The van der Waals surface area contributed by atoms with Gasteiger partial charge in [0.15, 0.2) is 11.5 Å². The largest absolute Gasteiger partial charge is 0.454 e. The Morgan fingerprint density at radius 1 is 0.857 bits per heavy atom. The maximum atomic E-state index is 5.43. The van der Waals surface area contributed by atoms with E-state index in [1.54, 1.807) is 6.20 Å². The Labute approximate surface area is 161 Å². The summed E-state index contributed by atoms with van der Waals surface area (Å²) >= 11 is 0. The molecule has 0 radical (unpaired) electrons. The average Bonchev–Trinajstić information content (AvgIpc) is 3.16. The Morgan fingerprint density at radius 3 is 2.61 bits per heavy atom. The summed E-state index contributed by atoms with van der Waals surface area (Å²) in [7, 11) is 0. The van der Waals surface area contributed by atoms with Crippen LogP contribution in [0.1, 0.15) is 5.82 Å². The molecule has 0 aliphatic carbocycles. The van der Waals surface area contributed by atoms with Crippen LogP contribution in [0.5, 0.6) is 11.5 Å². The summed E-state index contributed by atoms with van der Waals surface area (Å²) in [5.74, 6) is 3.49. The van der Waals surface area contributed by atoms with E-state index in [2.05, 4.69) is 25.6 Å². The molecule has 0 atom stereocenters. The Morgan fingerprint density at radius 2 is 1.68 bits per heavy atom. The highest BCUT2D eigenvalue weighted by molar-refractivity contribution is 5.91. The van der Waals surface area contributed by atoms with E-state index in [4.69, 9.17) is 9.47 Å². The van der Waals surface area contributed by atoms with Gasteiger partial charge in [-0.25, -0.2) is 9.97 Å². The molecule has 2 aromatic heterocycles. The number of hydrogen-bond donors (Lipinski definition) is 2. The van der Waals surface area contributed by atoms with Gasteiger partial charge in [0, 0.05) is 29.4 Å². The number of rotatable bonds is 4. The molecule has 1 aliphatic heterocycles. The van der Waals surface area contributed by atoms with Crippen LogP contribution in [-0.2, 0) is 0 Å². The number of nitrogens with one attached hydrogen (secondary N) is 2. The number of nitrogens with zero attached hydrogens (tertiary/aromatic N) is 3. The van der Waals surface area contributed by atoms with Crippen molar-refractivity contribution >= 4 is 33.9 Å². The fourth-order valence-electron chi connectivity index (χ4n) is 3.16. The van der Waals surface area contributed by atoms with Gasteiger partial charge in [-0.3, -0.25) is 4.98 Å². The first-order chi connectivity index (χ1) is 13.7. The van der Waals surface area contributed by atoms with Crippen LogP contribution in [-0.4, -0.2) is 21.7 Å². The maximum absolute atomic E-state index is 5.43. The zero-order chi connectivity index (χ0) is 18.9. The van der Waals surface area contributed by atoms with Crippen molar-refractivity contribution in [1.29, 1.82) is 0 Å². The minimum absolute atomic E-state index is 0.249. The Hall–Kier alpha value is -3.87. The van der Waals surface area contributed by atoms with Gasteiger partial charge in [-0.15, -0.1) is 0 Å². The summed E-state index contributed by atoms with van der Waals surface area (Å²) < 4.78 is 10.8. The third-order valence-corrected chi connectivity index (χ3v) is 4.38. The number of aromatic nitrogens is 3. The lowest BCUT2D eigenvalue weighted by molar-refractivity contribution is 0.174. The molecular weight excluding hydrogens is 354 g/mol. The molecule has 3 heterocycles. The Balaban J connectivity index is 1.44. The summed E-state index contributed by atoms with van der Waals surface area (Å²) in [4.78, 5) is 13.5. The second-order valence-electron chi connectivity index (χ2n) is 6.38. The van der Waals surface area contributed by atoms with Gasteiger partial charge in [-0.1, -0.05) is 18.2 Å². The predicted molar refractivity (Wildman–Crippen MR) is 108 cm³/mol. The molecule has 0 unspecified atom stereocenters. The van der Waals surface area contributed by atoms with Gasteiger partial charge in [0.25, 0.3) is 0 Å². The highest BCUT2D eigenvalue weighted by Crippen LogP contribution is 2.35. The van der Waals surface area contributed by atoms with E-state index < -0.39 is 0 Å². The fourth-order valence-corrected chi connectivity index (χ4v) is 3.16. The molecule has 2 aromatic carbocycles. The molecule has 28 heavy (non-hydrogen) atoms. The Bertz CT molecular complexity index is 1170. The SMILES string of the molecule is Cc1nc(Nc2ccc3c(c2)OCO3)cc(Nc2cccc3cccnc23)n1. The lowest BCUT2D eigenvalue weighted by atomic mass is 10.2. The molecule has 7 heteroatoms. The van der Waals surface area contributed by atoms with E-state index in [-0.39, 0.29) is 6.79 Å². The maximum Gasteiger partial charge on any atom is 0.231 e. The average molecular weight is 371 g/mol. The van der Waals surface area contributed by atoms with Gasteiger partial charge in [0.05, 0.1) is 11.2 Å². The van der Waals surface area contributed by atoms with Crippen molar-refractivity contribution in [3.05, 3.63) is 66.6 Å². The number of fused-ring (bicyclic) bond motifs is 2.